The van der Waals surface area contributed by atoms with E-state index in [1.165, 1.54) is 0 Å². The average molecular weight is 296 g/mol. The van der Waals surface area contributed by atoms with Gasteiger partial charge in [0, 0.05) is 23.3 Å². The summed E-state index contributed by atoms with van der Waals surface area (Å²) >= 11 is 3.31. The molecular formula is C12H14BrN3O. The predicted octanol–water partition coefficient (Wildman–Crippen LogP) is 2.61. The summed E-state index contributed by atoms with van der Waals surface area (Å²) in [6.45, 7) is 4.27. The molecule has 0 bridgehead atoms. The van der Waals surface area contributed by atoms with Gasteiger partial charge in [0.2, 0.25) is 0 Å². The van der Waals surface area contributed by atoms with Crippen LogP contribution in [0.4, 0.5) is 0 Å². The summed E-state index contributed by atoms with van der Waals surface area (Å²) in [5, 5.41) is 8.59. The minimum Gasteiger partial charge on any atom is -0.334 e. The average Bonchev–Trinajstić information content (AvgIpc) is 2.29. The Morgan fingerprint density at radius 2 is 2.35 bits per heavy atom. The second-order valence-corrected chi connectivity index (χ2v) is 4.69. The zero-order valence-electron chi connectivity index (χ0n) is 9.85. The van der Waals surface area contributed by atoms with Crippen LogP contribution < -0.4 is 0 Å². The number of rotatable bonds is 4. The third-order valence-corrected chi connectivity index (χ3v) is 2.95. The van der Waals surface area contributed by atoms with Crippen LogP contribution in [0.25, 0.3) is 0 Å². The molecule has 0 atom stereocenters. The number of pyridine rings is 1. The fraction of sp³-hybridized carbons (Fsp3) is 0.417. The van der Waals surface area contributed by atoms with E-state index in [0.29, 0.717) is 23.1 Å². The predicted molar refractivity (Wildman–Crippen MR) is 68.3 cm³/mol. The lowest BCUT2D eigenvalue weighted by atomic mass is 10.2. The fourth-order valence-electron chi connectivity index (χ4n) is 1.44. The van der Waals surface area contributed by atoms with Gasteiger partial charge >= 0.3 is 0 Å². The lowest BCUT2D eigenvalue weighted by Gasteiger charge is -2.25. The lowest BCUT2D eigenvalue weighted by Crippen LogP contribution is -2.38. The Labute approximate surface area is 109 Å². The first-order valence-electron chi connectivity index (χ1n) is 5.36. The number of amides is 1. The zero-order valence-corrected chi connectivity index (χ0v) is 11.4. The smallest absolute Gasteiger partial charge is 0.273 e. The Kier molecular flexibility index (Phi) is 5.11. The number of hydrogen-bond acceptors (Lipinski definition) is 3. The number of carbonyl (C=O) groups is 1. The standard InChI is InChI=1S/C12H14BrN3O/c1-9(2)16(8-4-6-14)12(17)11-10(13)5-3-7-15-11/h3,5,7,9H,4,8H2,1-2H3. The molecule has 5 heteroatoms. The highest BCUT2D eigenvalue weighted by molar-refractivity contribution is 9.10. The fourth-order valence-corrected chi connectivity index (χ4v) is 1.87. The molecule has 0 aliphatic carbocycles. The second-order valence-electron chi connectivity index (χ2n) is 3.83. The van der Waals surface area contributed by atoms with Gasteiger partial charge < -0.3 is 4.90 Å². The molecule has 1 rings (SSSR count). The van der Waals surface area contributed by atoms with Gasteiger partial charge in [-0.2, -0.15) is 5.26 Å². The van der Waals surface area contributed by atoms with Crippen LogP contribution in [0.3, 0.4) is 0 Å². The summed E-state index contributed by atoms with van der Waals surface area (Å²) in [5.41, 5.74) is 0.388. The van der Waals surface area contributed by atoms with Gasteiger partial charge in [0.25, 0.3) is 5.91 Å². The normalized spacial score (nSPS) is 10.1. The summed E-state index contributed by atoms with van der Waals surface area (Å²) in [5.74, 6) is -0.150. The van der Waals surface area contributed by atoms with Crippen LogP contribution in [0, 0.1) is 11.3 Å². The van der Waals surface area contributed by atoms with Crippen molar-refractivity contribution >= 4 is 21.8 Å². The third kappa shape index (κ3) is 3.53. The Morgan fingerprint density at radius 3 is 2.88 bits per heavy atom. The molecule has 0 radical (unpaired) electrons. The van der Waals surface area contributed by atoms with Crippen LogP contribution in [-0.2, 0) is 0 Å². The summed E-state index contributed by atoms with van der Waals surface area (Å²) in [4.78, 5) is 18.0. The summed E-state index contributed by atoms with van der Waals surface area (Å²) in [6, 6.07) is 5.63. The van der Waals surface area contributed by atoms with Crippen LogP contribution >= 0.6 is 15.9 Å². The molecule has 1 heterocycles. The Hall–Kier alpha value is -1.41. The second kappa shape index (κ2) is 6.36. The van der Waals surface area contributed by atoms with E-state index in [-0.39, 0.29) is 11.9 Å². The van der Waals surface area contributed by atoms with Crippen LogP contribution in [0.15, 0.2) is 22.8 Å². The quantitative estimate of drug-likeness (QED) is 0.858. The van der Waals surface area contributed by atoms with Gasteiger partial charge in [-0.3, -0.25) is 4.79 Å². The third-order valence-electron chi connectivity index (χ3n) is 2.31. The highest BCUT2D eigenvalue weighted by Crippen LogP contribution is 2.16. The monoisotopic (exact) mass is 295 g/mol. The molecule has 0 unspecified atom stereocenters. The first kappa shape index (κ1) is 13.7. The van der Waals surface area contributed by atoms with Crippen LogP contribution in [0.5, 0.6) is 0 Å². The number of aromatic nitrogens is 1. The first-order chi connectivity index (χ1) is 8.07. The van der Waals surface area contributed by atoms with Gasteiger partial charge in [0.05, 0.1) is 12.5 Å². The van der Waals surface area contributed by atoms with E-state index >= 15 is 0 Å². The Bertz CT molecular complexity index is 440. The molecule has 4 nitrogen and oxygen atoms in total. The van der Waals surface area contributed by atoms with Crippen molar-refractivity contribution < 1.29 is 4.79 Å². The zero-order chi connectivity index (χ0) is 12.8. The lowest BCUT2D eigenvalue weighted by molar-refractivity contribution is 0.0703. The molecule has 90 valence electrons. The summed E-state index contributed by atoms with van der Waals surface area (Å²) in [6.07, 6.45) is 1.91. The van der Waals surface area contributed by atoms with E-state index in [4.69, 9.17) is 5.26 Å². The molecule has 0 spiro atoms. The SMILES string of the molecule is CC(C)N(CCC#N)C(=O)c1ncccc1Br. The van der Waals surface area contributed by atoms with Gasteiger partial charge in [-0.1, -0.05) is 0 Å². The van der Waals surface area contributed by atoms with E-state index in [0.717, 1.165) is 0 Å². The molecule has 1 aromatic heterocycles. The maximum atomic E-state index is 12.2. The highest BCUT2D eigenvalue weighted by atomic mass is 79.9. The van der Waals surface area contributed by atoms with Crippen molar-refractivity contribution in [1.29, 1.82) is 5.26 Å². The molecule has 0 fully saturated rings. The van der Waals surface area contributed by atoms with Crippen molar-refractivity contribution in [3.05, 3.63) is 28.5 Å². The molecular weight excluding hydrogens is 282 g/mol. The van der Waals surface area contributed by atoms with Crippen molar-refractivity contribution in [1.82, 2.24) is 9.88 Å². The van der Waals surface area contributed by atoms with E-state index in [9.17, 15) is 4.79 Å². The van der Waals surface area contributed by atoms with Crippen LogP contribution in [-0.4, -0.2) is 28.4 Å². The van der Waals surface area contributed by atoms with Crippen molar-refractivity contribution in [3.63, 3.8) is 0 Å². The van der Waals surface area contributed by atoms with E-state index < -0.39 is 0 Å². The molecule has 1 amide bonds. The summed E-state index contributed by atoms with van der Waals surface area (Å²) < 4.78 is 0.674. The number of hydrogen-bond donors (Lipinski definition) is 0. The Balaban J connectivity index is 2.93. The molecule has 0 saturated heterocycles. The minimum absolute atomic E-state index is 0.0461. The molecule has 1 aromatic rings. The molecule has 0 saturated carbocycles. The van der Waals surface area contributed by atoms with E-state index in [1.807, 2.05) is 19.9 Å². The molecule has 0 aliphatic rings. The number of halogens is 1. The Morgan fingerprint density at radius 1 is 1.65 bits per heavy atom. The molecule has 0 N–H and O–H groups in total. The van der Waals surface area contributed by atoms with E-state index in [1.54, 1.807) is 23.2 Å². The molecule has 0 aliphatic heterocycles. The van der Waals surface area contributed by atoms with Crippen molar-refractivity contribution in [2.45, 2.75) is 26.3 Å². The van der Waals surface area contributed by atoms with Crippen molar-refractivity contribution in [3.8, 4) is 6.07 Å². The van der Waals surface area contributed by atoms with Gasteiger partial charge in [-0.15, -0.1) is 0 Å². The van der Waals surface area contributed by atoms with E-state index in [2.05, 4.69) is 20.9 Å². The number of nitriles is 1. The maximum absolute atomic E-state index is 12.2. The van der Waals surface area contributed by atoms with Crippen LogP contribution in [0.2, 0.25) is 0 Å². The minimum atomic E-state index is -0.150. The summed E-state index contributed by atoms with van der Waals surface area (Å²) in [7, 11) is 0. The topological polar surface area (TPSA) is 57.0 Å². The van der Waals surface area contributed by atoms with Gasteiger partial charge in [0.15, 0.2) is 0 Å². The largest absolute Gasteiger partial charge is 0.334 e. The van der Waals surface area contributed by atoms with Gasteiger partial charge in [-0.25, -0.2) is 4.98 Å². The van der Waals surface area contributed by atoms with Crippen molar-refractivity contribution in [2.75, 3.05) is 6.54 Å². The maximum Gasteiger partial charge on any atom is 0.273 e. The van der Waals surface area contributed by atoms with Crippen LogP contribution in [0.1, 0.15) is 30.8 Å². The number of nitrogens with zero attached hydrogens (tertiary/aromatic N) is 3. The van der Waals surface area contributed by atoms with Gasteiger partial charge in [-0.05, 0) is 41.9 Å². The molecule has 0 aromatic carbocycles. The highest BCUT2D eigenvalue weighted by Gasteiger charge is 2.21. The van der Waals surface area contributed by atoms with Gasteiger partial charge in [0.1, 0.15) is 5.69 Å². The number of carbonyl (C=O) groups excluding carboxylic acids is 1. The van der Waals surface area contributed by atoms with Crippen molar-refractivity contribution in [2.24, 2.45) is 0 Å². The first-order valence-corrected chi connectivity index (χ1v) is 6.15. The molecule has 17 heavy (non-hydrogen) atoms.